The summed E-state index contributed by atoms with van der Waals surface area (Å²) in [5.41, 5.74) is 0.683. The lowest BCUT2D eigenvalue weighted by molar-refractivity contribution is -0.121. The molecule has 1 aliphatic heterocycles. The summed E-state index contributed by atoms with van der Waals surface area (Å²) in [4.78, 5) is 12.3. The Labute approximate surface area is 198 Å². The third-order valence-electron chi connectivity index (χ3n) is 5.06. The van der Waals surface area contributed by atoms with Crippen LogP contribution in [0.5, 0.6) is 0 Å². The Morgan fingerprint density at radius 2 is 1.66 bits per heavy atom. The largest absolute Gasteiger partial charge is 0.351 e. The van der Waals surface area contributed by atoms with Crippen molar-refractivity contribution in [2.75, 3.05) is 26.7 Å². The van der Waals surface area contributed by atoms with Crippen molar-refractivity contribution in [1.29, 1.82) is 0 Å². The first kappa shape index (κ1) is 24.9. The number of likely N-dealkylation sites (N-methyl/N-ethyl adjacent to an activating group) is 1. The molecule has 12 heteroatoms. The van der Waals surface area contributed by atoms with Gasteiger partial charge in [-0.3, -0.25) is 4.79 Å². The maximum Gasteiger partial charge on any atom is 0.244 e. The van der Waals surface area contributed by atoms with E-state index in [0.29, 0.717) is 18.7 Å². The molecule has 0 radical (unpaired) electrons. The highest BCUT2D eigenvalue weighted by Crippen LogP contribution is 2.27. The SMILES string of the molecule is CN(CC(=O)NCc1ccc(S(=O)(=O)N2CCCC2)cc1)S(=O)(=O)c1cc(Cl)ccc1Cl. The highest BCUT2D eigenvalue weighted by Gasteiger charge is 2.27. The number of benzene rings is 2. The molecular formula is C20H23Cl2N3O5S2. The third kappa shape index (κ3) is 5.62. The van der Waals surface area contributed by atoms with Crippen molar-refractivity contribution in [2.24, 2.45) is 0 Å². The molecule has 1 saturated heterocycles. The van der Waals surface area contributed by atoms with Gasteiger partial charge >= 0.3 is 0 Å². The van der Waals surface area contributed by atoms with Crippen molar-refractivity contribution in [3.63, 3.8) is 0 Å². The Morgan fingerprint density at radius 1 is 1.03 bits per heavy atom. The molecule has 174 valence electrons. The predicted octanol–water partition coefficient (Wildman–Crippen LogP) is 2.71. The zero-order valence-electron chi connectivity index (χ0n) is 17.3. The van der Waals surface area contributed by atoms with Crippen LogP contribution in [0.15, 0.2) is 52.3 Å². The Bertz CT molecular complexity index is 1200. The molecule has 1 N–H and O–H groups in total. The summed E-state index contributed by atoms with van der Waals surface area (Å²) in [5.74, 6) is -0.525. The smallest absolute Gasteiger partial charge is 0.244 e. The van der Waals surface area contributed by atoms with Gasteiger partial charge in [0.05, 0.1) is 16.5 Å². The van der Waals surface area contributed by atoms with Gasteiger partial charge in [-0.25, -0.2) is 16.8 Å². The zero-order chi connectivity index (χ0) is 23.5. The van der Waals surface area contributed by atoms with Crippen molar-refractivity contribution in [1.82, 2.24) is 13.9 Å². The Morgan fingerprint density at radius 3 is 2.28 bits per heavy atom. The van der Waals surface area contributed by atoms with Crippen LogP contribution in [0.2, 0.25) is 10.0 Å². The molecule has 0 spiro atoms. The van der Waals surface area contributed by atoms with Crippen LogP contribution in [0, 0.1) is 0 Å². The number of hydrogen-bond donors (Lipinski definition) is 1. The van der Waals surface area contributed by atoms with Crippen molar-refractivity contribution < 1.29 is 21.6 Å². The first-order valence-electron chi connectivity index (χ1n) is 9.79. The first-order chi connectivity index (χ1) is 15.0. The van der Waals surface area contributed by atoms with E-state index in [-0.39, 0.29) is 26.4 Å². The van der Waals surface area contributed by atoms with Gasteiger partial charge in [0.25, 0.3) is 0 Å². The van der Waals surface area contributed by atoms with Crippen molar-refractivity contribution in [3.05, 3.63) is 58.1 Å². The number of hydrogen-bond acceptors (Lipinski definition) is 5. The van der Waals surface area contributed by atoms with Gasteiger partial charge < -0.3 is 5.32 Å². The summed E-state index contributed by atoms with van der Waals surface area (Å²) in [5, 5.41) is 2.84. The molecule has 1 amide bonds. The van der Waals surface area contributed by atoms with Crippen LogP contribution in [0.3, 0.4) is 0 Å². The summed E-state index contributed by atoms with van der Waals surface area (Å²) in [6.07, 6.45) is 1.72. The molecule has 32 heavy (non-hydrogen) atoms. The normalized spacial score (nSPS) is 15.2. The Balaban J connectivity index is 1.59. The van der Waals surface area contributed by atoms with Gasteiger partial charge in [-0.2, -0.15) is 8.61 Å². The van der Waals surface area contributed by atoms with E-state index in [1.54, 1.807) is 12.1 Å². The molecule has 1 aliphatic rings. The standard InChI is InChI=1S/C20H23Cl2N3O5S2/c1-24(32(29,30)19-12-16(21)6-9-18(19)22)14-20(26)23-13-15-4-7-17(8-5-15)31(27,28)25-10-2-3-11-25/h4-9,12H,2-3,10-11,13-14H2,1H3,(H,23,26). The minimum Gasteiger partial charge on any atom is -0.351 e. The van der Waals surface area contributed by atoms with E-state index in [2.05, 4.69) is 5.32 Å². The molecule has 0 aromatic heterocycles. The Kier molecular flexibility index (Phi) is 7.85. The predicted molar refractivity (Wildman–Crippen MR) is 123 cm³/mol. The maximum atomic E-state index is 12.7. The van der Waals surface area contributed by atoms with Gasteiger partial charge in [0.1, 0.15) is 4.90 Å². The van der Waals surface area contributed by atoms with Crippen LogP contribution >= 0.6 is 23.2 Å². The number of sulfonamides is 2. The van der Waals surface area contributed by atoms with E-state index in [1.807, 2.05) is 0 Å². The van der Waals surface area contributed by atoms with Gasteiger partial charge in [-0.05, 0) is 48.7 Å². The molecule has 0 unspecified atom stereocenters. The monoisotopic (exact) mass is 519 g/mol. The second kappa shape index (κ2) is 10.1. The lowest BCUT2D eigenvalue weighted by Crippen LogP contribution is -2.38. The van der Waals surface area contributed by atoms with Crippen LogP contribution in [-0.2, 0) is 31.4 Å². The number of carbonyl (C=O) groups is 1. The zero-order valence-corrected chi connectivity index (χ0v) is 20.4. The first-order valence-corrected chi connectivity index (χ1v) is 13.4. The van der Waals surface area contributed by atoms with Crippen molar-refractivity contribution in [2.45, 2.75) is 29.2 Å². The lowest BCUT2D eigenvalue weighted by atomic mass is 10.2. The number of amides is 1. The van der Waals surface area contributed by atoms with E-state index in [0.717, 1.165) is 17.1 Å². The molecule has 3 rings (SSSR count). The van der Waals surface area contributed by atoms with Crippen LogP contribution in [0.4, 0.5) is 0 Å². The Hall–Kier alpha value is -1.69. The molecule has 2 aromatic carbocycles. The summed E-state index contributed by atoms with van der Waals surface area (Å²) in [7, 11) is -6.25. The summed E-state index contributed by atoms with van der Waals surface area (Å²) < 4.78 is 52.9. The molecular weight excluding hydrogens is 497 g/mol. The van der Waals surface area contributed by atoms with E-state index in [4.69, 9.17) is 23.2 Å². The van der Waals surface area contributed by atoms with Crippen LogP contribution in [0.1, 0.15) is 18.4 Å². The van der Waals surface area contributed by atoms with Gasteiger partial charge in [-0.15, -0.1) is 0 Å². The summed E-state index contributed by atoms with van der Waals surface area (Å²) in [6.45, 7) is 0.745. The number of nitrogens with zero attached hydrogens (tertiary/aromatic N) is 2. The fraction of sp³-hybridized carbons (Fsp3) is 0.350. The lowest BCUT2D eigenvalue weighted by Gasteiger charge is -2.18. The fourth-order valence-electron chi connectivity index (χ4n) is 3.24. The van der Waals surface area contributed by atoms with Crippen LogP contribution in [-0.4, -0.2) is 58.0 Å². The summed E-state index contributed by atoms with van der Waals surface area (Å²) in [6, 6.07) is 10.3. The van der Waals surface area contributed by atoms with Gasteiger partial charge in [0.2, 0.25) is 26.0 Å². The fourth-order valence-corrected chi connectivity index (χ4v) is 6.62. The second-order valence-electron chi connectivity index (χ2n) is 7.37. The minimum atomic E-state index is -4.02. The molecule has 0 atom stereocenters. The number of carbonyl (C=O) groups excluding carboxylic acids is 1. The quantitative estimate of drug-likeness (QED) is 0.577. The molecule has 1 heterocycles. The van der Waals surface area contributed by atoms with E-state index < -0.39 is 32.5 Å². The molecule has 0 saturated carbocycles. The highest BCUT2D eigenvalue weighted by molar-refractivity contribution is 7.89. The van der Waals surface area contributed by atoms with Crippen LogP contribution < -0.4 is 5.32 Å². The van der Waals surface area contributed by atoms with Gasteiger partial charge in [0, 0.05) is 31.7 Å². The van der Waals surface area contributed by atoms with Gasteiger partial charge in [0.15, 0.2) is 0 Å². The van der Waals surface area contributed by atoms with E-state index in [1.165, 1.54) is 41.7 Å². The highest BCUT2D eigenvalue weighted by atomic mass is 35.5. The third-order valence-corrected chi connectivity index (χ3v) is 9.50. The summed E-state index contributed by atoms with van der Waals surface area (Å²) >= 11 is 11.8. The van der Waals surface area contributed by atoms with E-state index in [9.17, 15) is 21.6 Å². The molecule has 1 fully saturated rings. The minimum absolute atomic E-state index is 0.00521. The average molecular weight is 520 g/mol. The average Bonchev–Trinajstić information content (AvgIpc) is 3.30. The molecule has 2 aromatic rings. The van der Waals surface area contributed by atoms with Crippen LogP contribution in [0.25, 0.3) is 0 Å². The maximum absolute atomic E-state index is 12.7. The van der Waals surface area contributed by atoms with Gasteiger partial charge in [-0.1, -0.05) is 35.3 Å². The number of nitrogens with one attached hydrogen (secondary N) is 1. The topological polar surface area (TPSA) is 104 Å². The second-order valence-corrected chi connectivity index (χ2v) is 12.2. The molecule has 0 aliphatic carbocycles. The van der Waals surface area contributed by atoms with Crippen molar-refractivity contribution in [3.8, 4) is 0 Å². The number of halogens is 2. The number of rotatable bonds is 8. The molecule has 0 bridgehead atoms. The van der Waals surface area contributed by atoms with E-state index >= 15 is 0 Å². The van der Waals surface area contributed by atoms with Crippen molar-refractivity contribution >= 4 is 49.2 Å². The molecule has 8 nitrogen and oxygen atoms in total.